The summed E-state index contributed by atoms with van der Waals surface area (Å²) in [6.07, 6.45) is 0.779. The van der Waals surface area contributed by atoms with Gasteiger partial charge < -0.3 is 5.73 Å². The number of thioether (sulfide) groups is 1. The summed E-state index contributed by atoms with van der Waals surface area (Å²) >= 11 is 1.05. The summed E-state index contributed by atoms with van der Waals surface area (Å²) in [7, 11) is 0. The average molecular weight is 188 g/mol. The third-order valence-electron chi connectivity index (χ3n) is 1.78. The van der Waals surface area contributed by atoms with E-state index in [0.29, 0.717) is 6.54 Å². The van der Waals surface area contributed by atoms with Gasteiger partial charge in [-0.15, -0.1) is 0 Å². The second kappa shape index (κ2) is 3.91. The molecule has 0 aliphatic carbocycles. The zero-order valence-electron chi connectivity index (χ0n) is 6.95. The maximum Gasteiger partial charge on any atom is 0.288 e. The average Bonchev–Trinajstić information content (AvgIpc) is 2.35. The first-order valence-corrected chi connectivity index (χ1v) is 4.86. The lowest BCUT2D eigenvalue weighted by Gasteiger charge is -2.16. The minimum atomic E-state index is -0.163. The summed E-state index contributed by atoms with van der Waals surface area (Å²) in [5.74, 6) is 0.156. The fourth-order valence-corrected chi connectivity index (χ4v) is 1.66. The van der Waals surface area contributed by atoms with Crippen molar-refractivity contribution >= 4 is 22.9 Å². The molecule has 2 N–H and O–H groups in total. The lowest BCUT2D eigenvalue weighted by molar-refractivity contribution is -0.124. The molecule has 1 fully saturated rings. The predicted molar refractivity (Wildman–Crippen MR) is 47.8 cm³/mol. The van der Waals surface area contributed by atoms with Gasteiger partial charge in [0.05, 0.1) is 5.75 Å². The Morgan fingerprint density at radius 2 is 2.33 bits per heavy atom. The Kier molecular flexibility index (Phi) is 3.11. The number of hydrogen-bond donors (Lipinski definition) is 1. The van der Waals surface area contributed by atoms with E-state index in [0.717, 1.165) is 18.2 Å². The van der Waals surface area contributed by atoms with Gasteiger partial charge in [0.15, 0.2) is 0 Å². The highest BCUT2D eigenvalue weighted by Gasteiger charge is 2.30. The van der Waals surface area contributed by atoms with Crippen molar-refractivity contribution in [2.24, 2.45) is 5.73 Å². The van der Waals surface area contributed by atoms with Crippen molar-refractivity contribution in [1.82, 2.24) is 4.90 Å². The summed E-state index contributed by atoms with van der Waals surface area (Å²) in [5.41, 5.74) is 5.62. The van der Waals surface area contributed by atoms with Crippen LogP contribution in [0.15, 0.2) is 0 Å². The third-order valence-corrected chi connectivity index (χ3v) is 2.64. The zero-order valence-corrected chi connectivity index (χ0v) is 7.76. The molecule has 0 saturated carbocycles. The van der Waals surface area contributed by atoms with E-state index in [1.165, 1.54) is 4.90 Å². The molecule has 1 saturated heterocycles. The van der Waals surface area contributed by atoms with Crippen LogP contribution in [-0.2, 0) is 4.79 Å². The van der Waals surface area contributed by atoms with Crippen LogP contribution in [0.4, 0.5) is 4.79 Å². The van der Waals surface area contributed by atoms with Gasteiger partial charge in [-0.2, -0.15) is 0 Å². The fourth-order valence-electron chi connectivity index (χ4n) is 0.921. The highest BCUT2D eigenvalue weighted by molar-refractivity contribution is 8.14. The smallest absolute Gasteiger partial charge is 0.288 e. The van der Waals surface area contributed by atoms with Crippen LogP contribution in [0.1, 0.15) is 13.3 Å². The minimum Gasteiger partial charge on any atom is -0.326 e. The van der Waals surface area contributed by atoms with Gasteiger partial charge in [0, 0.05) is 12.6 Å². The Labute approximate surface area is 75.5 Å². The molecule has 1 heterocycles. The molecule has 1 aliphatic heterocycles. The zero-order chi connectivity index (χ0) is 9.14. The molecule has 12 heavy (non-hydrogen) atoms. The number of carbonyl (C=O) groups is 2. The van der Waals surface area contributed by atoms with E-state index in [1.54, 1.807) is 0 Å². The highest BCUT2D eigenvalue weighted by atomic mass is 32.2. The van der Waals surface area contributed by atoms with Gasteiger partial charge >= 0.3 is 0 Å². The first kappa shape index (κ1) is 9.54. The van der Waals surface area contributed by atoms with Crippen LogP contribution in [0.2, 0.25) is 0 Å². The number of carbonyl (C=O) groups excluding carboxylic acids is 2. The second-order valence-corrected chi connectivity index (χ2v) is 3.65. The third kappa shape index (κ3) is 1.98. The summed E-state index contributed by atoms with van der Waals surface area (Å²) < 4.78 is 0. The quantitative estimate of drug-likeness (QED) is 0.697. The molecule has 1 rings (SSSR count). The van der Waals surface area contributed by atoms with Crippen molar-refractivity contribution < 1.29 is 9.59 Å². The summed E-state index contributed by atoms with van der Waals surface area (Å²) in [6, 6.07) is -0.0865. The van der Waals surface area contributed by atoms with E-state index in [2.05, 4.69) is 0 Å². The van der Waals surface area contributed by atoms with Crippen molar-refractivity contribution in [3.05, 3.63) is 0 Å². The number of nitrogens with zero attached hydrogens (tertiary/aromatic N) is 1. The van der Waals surface area contributed by atoms with Gasteiger partial charge in [-0.1, -0.05) is 18.7 Å². The van der Waals surface area contributed by atoms with E-state index in [-0.39, 0.29) is 22.9 Å². The number of hydrogen-bond acceptors (Lipinski definition) is 4. The molecule has 4 nitrogen and oxygen atoms in total. The lowest BCUT2D eigenvalue weighted by atomic mass is 10.2. The molecule has 5 heteroatoms. The largest absolute Gasteiger partial charge is 0.326 e. The van der Waals surface area contributed by atoms with Crippen molar-refractivity contribution in [2.75, 3.05) is 12.3 Å². The van der Waals surface area contributed by atoms with E-state index in [4.69, 9.17) is 5.73 Å². The molecule has 0 radical (unpaired) electrons. The van der Waals surface area contributed by atoms with Crippen LogP contribution in [0.25, 0.3) is 0 Å². The highest BCUT2D eigenvalue weighted by Crippen LogP contribution is 2.18. The van der Waals surface area contributed by atoms with Gasteiger partial charge in [-0.05, 0) is 6.42 Å². The first-order valence-electron chi connectivity index (χ1n) is 3.87. The molecule has 0 bridgehead atoms. The van der Waals surface area contributed by atoms with E-state index < -0.39 is 0 Å². The molecule has 1 aliphatic rings. The van der Waals surface area contributed by atoms with Crippen LogP contribution < -0.4 is 5.73 Å². The summed E-state index contributed by atoms with van der Waals surface area (Å²) in [4.78, 5) is 23.3. The Hall–Kier alpha value is -0.550. The molecule has 0 spiro atoms. The fraction of sp³-hybridized carbons (Fsp3) is 0.714. The van der Waals surface area contributed by atoms with Crippen LogP contribution >= 0.6 is 11.8 Å². The van der Waals surface area contributed by atoms with Crippen LogP contribution in [0, 0.1) is 0 Å². The lowest BCUT2D eigenvalue weighted by Crippen LogP contribution is -2.39. The molecule has 0 aromatic carbocycles. The van der Waals surface area contributed by atoms with Crippen LogP contribution in [-0.4, -0.2) is 34.4 Å². The normalized spacial score (nSPS) is 20.3. The predicted octanol–water partition coefficient (Wildman–Crippen LogP) is 0.419. The van der Waals surface area contributed by atoms with Gasteiger partial charge in [0.25, 0.3) is 5.24 Å². The Morgan fingerprint density at radius 1 is 1.67 bits per heavy atom. The van der Waals surface area contributed by atoms with Crippen LogP contribution in [0.5, 0.6) is 0 Å². The molecular formula is C7H12N2O2S. The Balaban J connectivity index is 2.50. The van der Waals surface area contributed by atoms with Crippen molar-refractivity contribution in [2.45, 2.75) is 19.4 Å². The number of amides is 2. The van der Waals surface area contributed by atoms with E-state index in [1.807, 2.05) is 6.92 Å². The molecule has 68 valence electrons. The van der Waals surface area contributed by atoms with Crippen LogP contribution in [0.3, 0.4) is 0 Å². The SMILES string of the molecule is CC[C@H](N)CN1C(=O)CSC1=O. The second-order valence-electron chi connectivity index (χ2n) is 2.73. The maximum atomic E-state index is 11.1. The molecule has 2 amide bonds. The molecule has 0 aromatic heterocycles. The Morgan fingerprint density at radius 3 is 2.75 bits per heavy atom. The summed E-state index contributed by atoms with van der Waals surface area (Å²) in [5, 5.41) is -0.163. The van der Waals surface area contributed by atoms with Crippen molar-refractivity contribution in [3.63, 3.8) is 0 Å². The van der Waals surface area contributed by atoms with E-state index >= 15 is 0 Å². The number of rotatable bonds is 3. The van der Waals surface area contributed by atoms with Crippen molar-refractivity contribution in [1.29, 1.82) is 0 Å². The minimum absolute atomic E-state index is 0.0865. The van der Waals surface area contributed by atoms with Gasteiger partial charge in [-0.3, -0.25) is 14.5 Å². The summed E-state index contributed by atoms with van der Waals surface area (Å²) in [6.45, 7) is 2.30. The first-order chi connectivity index (χ1) is 5.65. The van der Waals surface area contributed by atoms with Gasteiger partial charge in [0.2, 0.25) is 5.91 Å². The van der Waals surface area contributed by atoms with Crippen molar-refractivity contribution in [3.8, 4) is 0 Å². The topological polar surface area (TPSA) is 63.4 Å². The standard InChI is InChI=1S/C7H12N2O2S/c1-2-5(8)3-9-6(10)4-12-7(9)11/h5H,2-4,8H2,1H3/t5-/m0/s1. The maximum absolute atomic E-state index is 11.1. The van der Waals surface area contributed by atoms with Gasteiger partial charge in [-0.25, -0.2) is 0 Å². The molecular weight excluding hydrogens is 176 g/mol. The number of nitrogens with two attached hydrogens (primary N) is 1. The monoisotopic (exact) mass is 188 g/mol. The molecule has 1 atom stereocenters. The molecule has 0 unspecified atom stereocenters. The Bertz CT molecular complexity index is 192. The molecule has 0 aromatic rings. The van der Waals surface area contributed by atoms with Gasteiger partial charge in [0.1, 0.15) is 0 Å². The van der Waals surface area contributed by atoms with E-state index in [9.17, 15) is 9.59 Å². The number of imide groups is 1.